The molecule has 0 heteroatoms. The first-order valence-electron chi connectivity index (χ1n) is 12.8. The fourth-order valence-corrected chi connectivity index (χ4v) is 4.94. The molecule has 4 rings (SSSR count). The van der Waals surface area contributed by atoms with Crippen molar-refractivity contribution in [2.75, 3.05) is 0 Å². The molecule has 0 saturated carbocycles. The van der Waals surface area contributed by atoms with Crippen LogP contribution in [-0.4, -0.2) is 0 Å². The summed E-state index contributed by atoms with van der Waals surface area (Å²) in [5.74, 6) is 0.334. The molecule has 0 spiro atoms. The highest BCUT2D eigenvalue weighted by Crippen LogP contribution is 2.43. The molecule has 34 heavy (non-hydrogen) atoms. The third kappa shape index (κ3) is 6.14. The van der Waals surface area contributed by atoms with Gasteiger partial charge in [-0.25, -0.2) is 0 Å². The van der Waals surface area contributed by atoms with Gasteiger partial charge in [-0.1, -0.05) is 160 Å². The highest BCUT2D eigenvalue weighted by Gasteiger charge is 2.23. The van der Waals surface area contributed by atoms with Crippen LogP contribution in [0.1, 0.15) is 73.6 Å². The maximum atomic E-state index is 2.31. The first-order chi connectivity index (χ1) is 16.9. The molecule has 0 heterocycles. The first-order valence-corrected chi connectivity index (χ1v) is 12.8. The van der Waals surface area contributed by atoms with Gasteiger partial charge in [0.15, 0.2) is 0 Å². The molecule has 0 aliphatic carbocycles. The van der Waals surface area contributed by atoms with E-state index in [1.165, 1.54) is 65.5 Å². The van der Waals surface area contributed by atoms with Gasteiger partial charge in [-0.05, 0) is 39.8 Å². The zero-order valence-corrected chi connectivity index (χ0v) is 20.4. The Morgan fingerprint density at radius 1 is 0.500 bits per heavy atom. The van der Waals surface area contributed by atoms with E-state index in [0.717, 1.165) is 6.42 Å². The van der Waals surface area contributed by atoms with Crippen LogP contribution < -0.4 is 0 Å². The Balaban J connectivity index is 1.92. The van der Waals surface area contributed by atoms with E-state index in [1.807, 2.05) is 0 Å². The Morgan fingerprint density at radius 3 is 1.44 bits per heavy atom. The van der Waals surface area contributed by atoms with Crippen LogP contribution in [0.4, 0.5) is 0 Å². The van der Waals surface area contributed by atoms with E-state index in [1.54, 1.807) is 0 Å². The van der Waals surface area contributed by atoms with Crippen LogP contribution in [0.25, 0.3) is 11.1 Å². The maximum absolute atomic E-state index is 2.31. The summed E-state index contributed by atoms with van der Waals surface area (Å²) in [6.07, 6.45) is 7.63. The highest BCUT2D eigenvalue weighted by atomic mass is 14.3. The molecule has 0 radical (unpaired) electrons. The summed E-state index contributed by atoms with van der Waals surface area (Å²) >= 11 is 0. The fraction of sp³-hybridized carbons (Fsp3) is 0.235. The van der Waals surface area contributed by atoms with Gasteiger partial charge >= 0.3 is 0 Å². The lowest BCUT2D eigenvalue weighted by atomic mass is 9.77. The van der Waals surface area contributed by atoms with Crippen LogP contribution >= 0.6 is 0 Å². The number of allylic oxidation sites excluding steroid dienone is 1. The lowest BCUT2D eigenvalue weighted by Crippen LogP contribution is -2.07. The lowest BCUT2D eigenvalue weighted by molar-refractivity contribution is 0.591. The van der Waals surface area contributed by atoms with Gasteiger partial charge in [-0.3, -0.25) is 0 Å². The van der Waals surface area contributed by atoms with Gasteiger partial charge in [0.2, 0.25) is 0 Å². The largest absolute Gasteiger partial charge is 0.0654 e. The summed E-state index contributed by atoms with van der Waals surface area (Å²) in [7, 11) is 0. The second kappa shape index (κ2) is 12.8. The van der Waals surface area contributed by atoms with Crippen molar-refractivity contribution in [3.8, 4) is 0 Å². The predicted octanol–water partition coefficient (Wildman–Crippen LogP) is 9.79. The molecule has 4 aromatic rings. The maximum Gasteiger partial charge on any atom is 0.0102 e. The first kappa shape index (κ1) is 23.8. The molecule has 0 aliphatic rings. The minimum Gasteiger partial charge on any atom is -0.0654 e. The average molecular weight is 445 g/mol. The SMILES string of the molecule is CCCCCCCC(C(=C(c1ccccc1)c1ccccc1)c1ccccc1)c1ccccc1. The molecule has 1 unspecified atom stereocenters. The molecular weight excluding hydrogens is 408 g/mol. The second-order valence-corrected chi connectivity index (χ2v) is 9.05. The summed E-state index contributed by atoms with van der Waals surface area (Å²) in [4.78, 5) is 0. The molecule has 0 fully saturated rings. The minimum absolute atomic E-state index is 0.334. The molecule has 0 nitrogen and oxygen atoms in total. The Labute approximate surface area is 206 Å². The van der Waals surface area contributed by atoms with E-state index in [0.29, 0.717) is 5.92 Å². The van der Waals surface area contributed by atoms with Gasteiger partial charge in [0.1, 0.15) is 0 Å². The van der Waals surface area contributed by atoms with Gasteiger partial charge < -0.3 is 0 Å². The van der Waals surface area contributed by atoms with Gasteiger partial charge in [0, 0.05) is 5.92 Å². The van der Waals surface area contributed by atoms with E-state index in [-0.39, 0.29) is 0 Å². The zero-order chi connectivity index (χ0) is 23.4. The zero-order valence-electron chi connectivity index (χ0n) is 20.4. The van der Waals surface area contributed by atoms with Crippen LogP contribution in [-0.2, 0) is 0 Å². The number of rotatable bonds is 11. The highest BCUT2D eigenvalue weighted by molar-refractivity contribution is 6.00. The van der Waals surface area contributed by atoms with Crippen LogP contribution in [0.3, 0.4) is 0 Å². The lowest BCUT2D eigenvalue weighted by Gasteiger charge is -2.26. The number of benzene rings is 4. The molecule has 0 aliphatic heterocycles. The quantitative estimate of drug-likeness (QED) is 0.159. The van der Waals surface area contributed by atoms with Crippen LogP contribution in [0.2, 0.25) is 0 Å². The molecule has 1 atom stereocenters. The molecule has 0 aromatic heterocycles. The fourth-order valence-electron chi connectivity index (χ4n) is 4.94. The van der Waals surface area contributed by atoms with Crippen molar-refractivity contribution in [2.24, 2.45) is 0 Å². The van der Waals surface area contributed by atoms with Crippen molar-refractivity contribution in [1.29, 1.82) is 0 Å². The Bertz CT molecular complexity index is 1080. The molecule has 0 N–H and O–H groups in total. The predicted molar refractivity (Wildman–Crippen MR) is 148 cm³/mol. The summed E-state index contributed by atoms with van der Waals surface area (Å²) in [6, 6.07) is 44.0. The van der Waals surface area contributed by atoms with Gasteiger partial charge in [0.25, 0.3) is 0 Å². The van der Waals surface area contributed by atoms with Crippen LogP contribution in [0.5, 0.6) is 0 Å². The van der Waals surface area contributed by atoms with E-state index < -0.39 is 0 Å². The van der Waals surface area contributed by atoms with Crippen molar-refractivity contribution < 1.29 is 0 Å². The Kier molecular flexibility index (Phi) is 8.91. The third-order valence-corrected chi connectivity index (χ3v) is 6.63. The summed E-state index contributed by atoms with van der Waals surface area (Å²) in [6.45, 7) is 2.29. The second-order valence-electron chi connectivity index (χ2n) is 9.05. The van der Waals surface area contributed by atoms with Crippen molar-refractivity contribution >= 4 is 11.1 Å². The number of hydrogen-bond acceptors (Lipinski definition) is 0. The van der Waals surface area contributed by atoms with E-state index in [9.17, 15) is 0 Å². The average Bonchev–Trinajstić information content (AvgIpc) is 2.92. The molecule has 172 valence electrons. The smallest absolute Gasteiger partial charge is 0.0102 e. The van der Waals surface area contributed by atoms with Gasteiger partial charge in [-0.2, -0.15) is 0 Å². The number of hydrogen-bond donors (Lipinski definition) is 0. The van der Waals surface area contributed by atoms with E-state index >= 15 is 0 Å². The molecule has 0 amide bonds. The van der Waals surface area contributed by atoms with Crippen molar-refractivity contribution in [3.05, 3.63) is 144 Å². The molecule has 0 saturated heterocycles. The summed E-state index contributed by atoms with van der Waals surface area (Å²) < 4.78 is 0. The molecule has 4 aromatic carbocycles. The van der Waals surface area contributed by atoms with Gasteiger partial charge in [0.05, 0.1) is 0 Å². The van der Waals surface area contributed by atoms with Crippen molar-refractivity contribution in [2.45, 2.75) is 51.4 Å². The summed E-state index contributed by atoms with van der Waals surface area (Å²) in [5.41, 5.74) is 8.04. The molecular formula is C34H36. The minimum atomic E-state index is 0.334. The van der Waals surface area contributed by atoms with E-state index in [4.69, 9.17) is 0 Å². The summed E-state index contributed by atoms with van der Waals surface area (Å²) in [5, 5.41) is 0. The Hall–Kier alpha value is -3.38. The van der Waals surface area contributed by atoms with E-state index in [2.05, 4.69) is 128 Å². The number of unbranched alkanes of at least 4 members (excludes halogenated alkanes) is 4. The molecule has 0 bridgehead atoms. The topological polar surface area (TPSA) is 0 Å². The normalized spacial score (nSPS) is 11.7. The van der Waals surface area contributed by atoms with Crippen molar-refractivity contribution in [3.63, 3.8) is 0 Å². The monoisotopic (exact) mass is 444 g/mol. The van der Waals surface area contributed by atoms with Crippen molar-refractivity contribution in [1.82, 2.24) is 0 Å². The van der Waals surface area contributed by atoms with Crippen LogP contribution in [0.15, 0.2) is 121 Å². The third-order valence-electron chi connectivity index (χ3n) is 6.63. The van der Waals surface area contributed by atoms with Crippen LogP contribution in [0, 0.1) is 0 Å². The standard InChI is InChI=1S/C34H36/c1-2-3-4-5-18-27-32(28-19-10-6-11-20-28)34(31-25-16-9-17-26-31)33(29-21-12-7-13-22-29)30-23-14-8-15-24-30/h6-17,19-26,32H,2-5,18,27H2,1H3. The van der Waals surface area contributed by atoms with Gasteiger partial charge in [-0.15, -0.1) is 0 Å². The Morgan fingerprint density at radius 2 is 0.941 bits per heavy atom.